The van der Waals surface area contributed by atoms with Crippen molar-refractivity contribution in [3.63, 3.8) is 0 Å². The molecule has 1 aliphatic heterocycles. The smallest absolute Gasteiger partial charge is 0.00979 e. The summed E-state index contributed by atoms with van der Waals surface area (Å²) in [6, 6.07) is 1.49. The molecule has 4 unspecified atom stereocenters. The maximum absolute atomic E-state index is 3.96. The second-order valence-corrected chi connectivity index (χ2v) is 7.15. The molecule has 0 aromatic heterocycles. The maximum Gasteiger partial charge on any atom is 0.00979 e. The minimum atomic E-state index is 0.710. The van der Waals surface area contributed by atoms with E-state index in [0.717, 1.165) is 23.8 Å². The first-order valence-corrected chi connectivity index (χ1v) is 8.60. The zero-order chi connectivity index (χ0) is 13.8. The first kappa shape index (κ1) is 15.3. The van der Waals surface area contributed by atoms with E-state index in [1.54, 1.807) is 0 Å². The van der Waals surface area contributed by atoms with E-state index in [2.05, 4.69) is 37.9 Å². The number of nitrogens with one attached hydrogen (secondary N) is 1. The normalized spacial score (nSPS) is 35.7. The Morgan fingerprint density at radius 2 is 1.79 bits per heavy atom. The monoisotopic (exact) mass is 266 g/mol. The van der Waals surface area contributed by atoms with E-state index in [1.165, 1.54) is 51.7 Å². The topological polar surface area (TPSA) is 15.3 Å². The molecule has 1 saturated carbocycles. The predicted octanol–water partition coefficient (Wildman–Crippen LogP) is 3.52. The zero-order valence-electron chi connectivity index (χ0n) is 13.5. The van der Waals surface area contributed by atoms with Gasteiger partial charge in [-0.2, -0.15) is 0 Å². The van der Waals surface area contributed by atoms with Gasteiger partial charge in [-0.25, -0.2) is 0 Å². The van der Waals surface area contributed by atoms with Gasteiger partial charge in [0.2, 0.25) is 0 Å². The van der Waals surface area contributed by atoms with Crippen LogP contribution in [0, 0.1) is 17.8 Å². The molecule has 1 saturated heterocycles. The number of rotatable bonds is 5. The molecular weight excluding hydrogens is 232 g/mol. The van der Waals surface area contributed by atoms with Gasteiger partial charge in [0.1, 0.15) is 0 Å². The van der Waals surface area contributed by atoms with Crippen LogP contribution < -0.4 is 5.32 Å². The fraction of sp³-hybridized carbons (Fsp3) is 1.00. The van der Waals surface area contributed by atoms with Gasteiger partial charge in [0.25, 0.3) is 0 Å². The van der Waals surface area contributed by atoms with Crippen LogP contribution in [0.2, 0.25) is 0 Å². The highest BCUT2D eigenvalue weighted by molar-refractivity contribution is 4.89. The van der Waals surface area contributed by atoms with Crippen LogP contribution in [0.15, 0.2) is 0 Å². The highest BCUT2D eigenvalue weighted by Crippen LogP contribution is 2.32. The summed E-state index contributed by atoms with van der Waals surface area (Å²) in [4.78, 5) is 2.64. The number of nitrogens with zero attached hydrogens (tertiary/aromatic N) is 1. The van der Waals surface area contributed by atoms with Gasteiger partial charge in [-0.1, -0.05) is 20.8 Å². The molecule has 19 heavy (non-hydrogen) atoms. The molecule has 112 valence electrons. The van der Waals surface area contributed by atoms with Crippen LogP contribution in [0.3, 0.4) is 0 Å². The predicted molar refractivity (Wildman–Crippen MR) is 83.4 cm³/mol. The molecule has 1 N–H and O–H groups in total. The van der Waals surface area contributed by atoms with Crippen molar-refractivity contribution in [2.75, 3.05) is 19.6 Å². The Bertz CT molecular complexity index is 258. The average Bonchev–Trinajstić information content (AvgIpc) is 2.72. The molecule has 0 amide bonds. The van der Waals surface area contributed by atoms with Gasteiger partial charge in [0.05, 0.1) is 0 Å². The molecule has 0 aromatic rings. The van der Waals surface area contributed by atoms with E-state index >= 15 is 0 Å². The van der Waals surface area contributed by atoms with Crippen molar-refractivity contribution < 1.29 is 0 Å². The van der Waals surface area contributed by atoms with Gasteiger partial charge in [-0.3, -0.25) is 0 Å². The molecule has 0 bridgehead atoms. The van der Waals surface area contributed by atoms with Crippen molar-refractivity contribution in [3.05, 3.63) is 0 Å². The van der Waals surface area contributed by atoms with Gasteiger partial charge in [-0.15, -0.1) is 0 Å². The van der Waals surface area contributed by atoms with Crippen LogP contribution in [0.25, 0.3) is 0 Å². The lowest BCUT2D eigenvalue weighted by molar-refractivity contribution is 0.155. The number of likely N-dealkylation sites (tertiary alicyclic amines) is 1. The summed E-state index contributed by atoms with van der Waals surface area (Å²) in [6.45, 7) is 13.5. The molecule has 0 radical (unpaired) electrons. The molecule has 1 heterocycles. The molecule has 2 nitrogen and oxygen atoms in total. The lowest BCUT2D eigenvalue weighted by Crippen LogP contribution is -2.46. The Balaban J connectivity index is 1.74. The summed E-state index contributed by atoms with van der Waals surface area (Å²) >= 11 is 0. The Morgan fingerprint density at radius 3 is 2.32 bits per heavy atom. The summed E-state index contributed by atoms with van der Waals surface area (Å²) in [5.74, 6) is 2.68. The Hall–Kier alpha value is -0.0800. The lowest BCUT2D eigenvalue weighted by Gasteiger charge is -2.36. The van der Waals surface area contributed by atoms with Crippen molar-refractivity contribution in [3.8, 4) is 0 Å². The molecule has 2 rings (SSSR count). The largest absolute Gasteiger partial charge is 0.311 e. The standard InChI is InChI=1S/C17H34N2/c1-5-10-19-11-8-16(9-12-19)15(4)18-17-7-6-13(2)14(17)3/h13-18H,5-12H2,1-4H3. The van der Waals surface area contributed by atoms with Gasteiger partial charge >= 0.3 is 0 Å². The van der Waals surface area contributed by atoms with Crippen molar-refractivity contribution in [2.24, 2.45) is 17.8 Å². The second kappa shape index (κ2) is 7.08. The van der Waals surface area contributed by atoms with Gasteiger partial charge < -0.3 is 10.2 Å². The van der Waals surface area contributed by atoms with Crippen LogP contribution in [-0.2, 0) is 0 Å². The first-order valence-electron chi connectivity index (χ1n) is 8.60. The van der Waals surface area contributed by atoms with Crippen LogP contribution in [0.1, 0.15) is 59.8 Å². The second-order valence-electron chi connectivity index (χ2n) is 7.15. The van der Waals surface area contributed by atoms with E-state index in [-0.39, 0.29) is 0 Å². The number of hydrogen-bond acceptors (Lipinski definition) is 2. The van der Waals surface area contributed by atoms with Crippen molar-refractivity contribution >= 4 is 0 Å². The maximum atomic E-state index is 3.96. The summed E-state index contributed by atoms with van der Waals surface area (Å²) in [7, 11) is 0. The van der Waals surface area contributed by atoms with Crippen molar-refractivity contribution in [1.82, 2.24) is 10.2 Å². The van der Waals surface area contributed by atoms with Crippen molar-refractivity contribution in [2.45, 2.75) is 71.9 Å². The molecule has 4 atom stereocenters. The molecule has 2 heteroatoms. The fourth-order valence-corrected chi connectivity index (χ4v) is 4.07. The third-order valence-corrected chi connectivity index (χ3v) is 5.82. The van der Waals surface area contributed by atoms with E-state index in [9.17, 15) is 0 Å². The van der Waals surface area contributed by atoms with Crippen LogP contribution in [0.5, 0.6) is 0 Å². The highest BCUT2D eigenvalue weighted by atomic mass is 15.1. The van der Waals surface area contributed by atoms with Crippen LogP contribution in [-0.4, -0.2) is 36.6 Å². The first-order chi connectivity index (χ1) is 9.11. The van der Waals surface area contributed by atoms with Crippen molar-refractivity contribution in [1.29, 1.82) is 0 Å². The minimum absolute atomic E-state index is 0.710. The Kier molecular flexibility index (Phi) is 5.70. The van der Waals surface area contributed by atoms with E-state index in [4.69, 9.17) is 0 Å². The zero-order valence-corrected chi connectivity index (χ0v) is 13.5. The third-order valence-electron chi connectivity index (χ3n) is 5.82. The number of piperidine rings is 1. The third kappa shape index (κ3) is 3.95. The molecular formula is C17H34N2. The van der Waals surface area contributed by atoms with E-state index in [1.807, 2.05) is 0 Å². The quantitative estimate of drug-likeness (QED) is 0.819. The summed E-state index contributed by atoms with van der Waals surface area (Å²) in [5.41, 5.74) is 0. The SMILES string of the molecule is CCCN1CCC(C(C)NC2CCC(C)C2C)CC1. The van der Waals surface area contributed by atoms with E-state index in [0.29, 0.717) is 6.04 Å². The summed E-state index contributed by atoms with van der Waals surface area (Å²) in [6.07, 6.45) is 6.90. The molecule has 0 aromatic carbocycles. The van der Waals surface area contributed by atoms with Gasteiger partial charge in [0, 0.05) is 12.1 Å². The summed E-state index contributed by atoms with van der Waals surface area (Å²) in [5, 5.41) is 3.96. The lowest BCUT2D eigenvalue weighted by atomic mass is 9.88. The van der Waals surface area contributed by atoms with Gasteiger partial charge in [0.15, 0.2) is 0 Å². The molecule has 2 fully saturated rings. The molecule has 2 aliphatic rings. The average molecular weight is 266 g/mol. The van der Waals surface area contributed by atoms with Crippen LogP contribution in [0.4, 0.5) is 0 Å². The van der Waals surface area contributed by atoms with Crippen LogP contribution >= 0.6 is 0 Å². The fourth-order valence-electron chi connectivity index (χ4n) is 4.07. The van der Waals surface area contributed by atoms with Gasteiger partial charge in [-0.05, 0) is 76.4 Å². The molecule has 0 spiro atoms. The Labute approximate surface area is 120 Å². The highest BCUT2D eigenvalue weighted by Gasteiger charge is 2.32. The number of hydrogen-bond donors (Lipinski definition) is 1. The Morgan fingerprint density at radius 1 is 1.11 bits per heavy atom. The van der Waals surface area contributed by atoms with E-state index < -0.39 is 0 Å². The molecule has 1 aliphatic carbocycles. The minimum Gasteiger partial charge on any atom is -0.311 e. The summed E-state index contributed by atoms with van der Waals surface area (Å²) < 4.78 is 0.